The van der Waals surface area contributed by atoms with Gasteiger partial charge < -0.3 is 10.2 Å². The van der Waals surface area contributed by atoms with E-state index in [1.807, 2.05) is 24.3 Å². The van der Waals surface area contributed by atoms with Crippen LogP contribution in [-0.2, 0) is 15.3 Å². The highest BCUT2D eigenvalue weighted by Crippen LogP contribution is 2.17. The summed E-state index contributed by atoms with van der Waals surface area (Å²) in [6.45, 7) is 2.88. The fourth-order valence-corrected chi connectivity index (χ4v) is 3.16. The molecule has 6 heteroatoms. The summed E-state index contributed by atoms with van der Waals surface area (Å²) >= 11 is 7.45. The molecule has 0 bridgehead atoms. The number of benzene rings is 1. The fourth-order valence-electron chi connectivity index (χ4n) is 2.09. The van der Waals surface area contributed by atoms with Crippen LogP contribution in [0.2, 0.25) is 5.02 Å². The van der Waals surface area contributed by atoms with Crippen molar-refractivity contribution in [1.82, 2.24) is 10.2 Å². The number of carbonyl (C=O) groups is 2. The number of halogens is 1. The van der Waals surface area contributed by atoms with Crippen LogP contribution in [0.1, 0.15) is 12.5 Å². The topological polar surface area (TPSA) is 49.4 Å². The van der Waals surface area contributed by atoms with Crippen molar-refractivity contribution in [1.29, 1.82) is 0 Å². The summed E-state index contributed by atoms with van der Waals surface area (Å²) in [4.78, 5) is 25.3. The minimum Gasteiger partial charge on any atom is -0.353 e. The molecule has 1 aliphatic heterocycles. The van der Waals surface area contributed by atoms with E-state index in [0.29, 0.717) is 23.9 Å². The summed E-state index contributed by atoms with van der Waals surface area (Å²) in [5.41, 5.74) is 1.10. The number of hydrogen-bond acceptors (Lipinski definition) is 3. The largest absolute Gasteiger partial charge is 0.353 e. The van der Waals surface area contributed by atoms with Crippen LogP contribution in [0.4, 0.5) is 0 Å². The third kappa shape index (κ3) is 3.90. The zero-order valence-corrected chi connectivity index (χ0v) is 12.8. The first-order chi connectivity index (χ1) is 9.58. The van der Waals surface area contributed by atoms with Gasteiger partial charge in [-0.1, -0.05) is 23.7 Å². The SMILES string of the molecule is CC1C(=O)NCCN1C(=O)CSCc1cccc(Cl)c1. The molecule has 1 aromatic rings. The van der Waals surface area contributed by atoms with Gasteiger partial charge in [0, 0.05) is 23.9 Å². The highest BCUT2D eigenvalue weighted by Gasteiger charge is 2.28. The van der Waals surface area contributed by atoms with E-state index in [1.165, 1.54) is 11.8 Å². The number of nitrogens with zero attached hydrogens (tertiary/aromatic N) is 1. The molecule has 2 rings (SSSR count). The van der Waals surface area contributed by atoms with Crippen molar-refractivity contribution >= 4 is 35.2 Å². The van der Waals surface area contributed by atoms with Crippen LogP contribution in [0.3, 0.4) is 0 Å². The van der Waals surface area contributed by atoms with Crippen LogP contribution in [0, 0.1) is 0 Å². The molecule has 0 aromatic heterocycles. The van der Waals surface area contributed by atoms with Crippen LogP contribution >= 0.6 is 23.4 Å². The molecule has 1 heterocycles. The Labute approximate surface area is 127 Å². The average Bonchev–Trinajstić information content (AvgIpc) is 2.42. The van der Waals surface area contributed by atoms with Crippen molar-refractivity contribution in [3.05, 3.63) is 34.9 Å². The van der Waals surface area contributed by atoms with Gasteiger partial charge in [0.25, 0.3) is 0 Å². The molecule has 1 aromatic carbocycles. The molecule has 0 saturated carbocycles. The van der Waals surface area contributed by atoms with E-state index < -0.39 is 0 Å². The van der Waals surface area contributed by atoms with Gasteiger partial charge >= 0.3 is 0 Å². The maximum atomic E-state index is 12.1. The number of thioether (sulfide) groups is 1. The Kier molecular flexibility index (Phi) is 5.31. The van der Waals surface area contributed by atoms with Crippen molar-refractivity contribution in [3.63, 3.8) is 0 Å². The predicted molar refractivity (Wildman–Crippen MR) is 81.8 cm³/mol. The van der Waals surface area contributed by atoms with Crippen LogP contribution in [0.15, 0.2) is 24.3 Å². The molecule has 1 fully saturated rings. The zero-order valence-electron chi connectivity index (χ0n) is 11.3. The zero-order chi connectivity index (χ0) is 14.5. The molecule has 0 aliphatic carbocycles. The summed E-state index contributed by atoms with van der Waals surface area (Å²) in [7, 11) is 0. The van der Waals surface area contributed by atoms with Crippen molar-refractivity contribution < 1.29 is 9.59 Å². The second-order valence-corrected chi connectivity index (χ2v) is 6.10. The van der Waals surface area contributed by atoms with Crippen molar-refractivity contribution in [2.24, 2.45) is 0 Å². The lowest BCUT2D eigenvalue weighted by atomic mass is 10.2. The molecule has 108 valence electrons. The number of rotatable bonds is 4. The van der Waals surface area contributed by atoms with Crippen molar-refractivity contribution in [2.75, 3.05) is 18.8 Å². The smallest absolute Gasteiger partial charge is 0.242 e. The predicted octanol–water partition coefficient (Wildman–Crippen LogP) is 1.92. The van der Waals surface area contributed by atoms with Gasteiger partial charge in [0.15, 0.2) is 0 Å². The van der Waals surface area contributed by atoms with E-state index >= 15 is 0 Å². The lowest BCUT2D eigenvalue weighted by Crippen LogP contribution is -2.56. The second kappa shape index (κ2) is 6.99. The van der Waals surface area contributed by atoms with Gasteiger partial charge in [-0.2, -0.15) is 0 Å². The number of hydrogen-bond donors (Lipinski definition) is 1. The molecule has 1 atom stereocenters. The normalized spacial score (nSPS) is 18.8. The number of piperazine rings is 1. The maximum Gasteiger partial charge on any atom is 0.242 e. The Morgan fingerprint density at radius 3 is 3.10 bits per heavy atom. The summed E-state index contributed by atoms with van der Waals surface area (Å²) in [5.74, 6) is 1.05. The van der Waals surface area contributed by atoms with E-state index in [-0.39, 0.29) is 17.9 Å². The Morgan fingerprint density at radius 1 is 1.55 bits per heavy atom. The van der Waals surface area contributed by atoms with E-state index in [4.69, 9.17) is 11.6 Å². The van der Waals surface area contributed by atoms with Gasteiger partial charge in [-0.25, -0.2) is 0 Å². The highest BCUT2D eigenvalue weighted by molar-refractivity contribution is 7.99. The molecular weight excluding hydrogens is 296 g/mol. The maximum absolute atomic E-state index is 12.1. The Balaban J connectivity index is 1.81. The summed E-state index contributed by atoms with van der Waals surface area (Å²) in [5, 5.41) is 3.45. The Bertz CT molecular complexity index is 510. The molecule has 1 aliphatic rings. The van der Waals surface area contributed by atoms with Gasteiger partial charge in [-0.3, -0.25) is 9.59 Å². The van der Waals surface area contributed by atoms with Gasteiger partial charge in [0.05, 0.1) is 5.75 Å². The molecule has 0 spiro atoms. The van der Waals surface area contributed by atoms with Crippen molar-refractivity contribution in [3.8, 4) is 0 Å². The van der Waals surface area contributed by atoms with E-state index in [0.717, 1.165) is 11.3 Å². The van der Waals surface area contributed by atoms with Crippen LogP contribution in [-0.4, -0.2) is 41.6 Å². The van der Waals surface area contributed by atoms with E-state index in [9.17, 15) is 9.59 Å². The first-order valence-corrected chi connectivity index (χ1v) is 8.00. The highest BCUT2D eigenvalue weighted by atomic mass is 35.5. The van der Waals surface area contributed by atoms with Gasteiger partial charge in [0.2, 0.25) is 11.8 Å². The molecule has 1 saturated heterocycles. The summed E-state index contributed by atoms with van der Waals surface area (Å²) in [6, 6.07) is 7.24. The van der Waals surface area contributed by atoms with Crippen LogP contribution < -0.4 is 5.32 Å². The minimum atomic E-state index is -0.372. The summed E-state index contributed by atoms with van der Waals surface area (Å²) < 4.78 is 0. The lowest BCUT2D eigenvalue weighted by molar-refractivity contribution is -0.140. The average molecular weight is 313 g/mol. The molecule has 1 N–H and O–H groups in total. The fraction of sp³-hybridized carbons (Fsp3) is 0.429. The van der Waals surface area contributed by atoms with Crippen LogP contribution in [0.5, 0.6) is 0 Å². The monoisotopic (exact) mass is 312 g/mol. The third-order valence-electron chi connectivity index (χ3n) is 3.20. The molecular formula is C14H17ClN2O2S. The molecule has 0 radical (unpaired) electrons. The second-order valence-electron chi connectivity index (χ2n) is 4.68. The first-order valence-electron chi connectivity index (χ1n) is 6.47. The van der Waals surface area contributed by atoms with Gasteiger partial charge in [-0.05, 0) is 24.6 Å². The Hall–Kier alpha value is -1.20. The molecule has 4 nitrogen and oxygen atoms in total. The summed E-state index contributed by atoms with van der Waals surface area (Å²) in [6.07, 6.45) is 0. The molecule has 20 heavy (non-hydrogen) atoms. The minimum absolute atomic E-state index is 0.0133. The molecule has 2 amide bonds. The van der Waals surface area contributed by atoms with Gasteiger partial charge in [-0.15, -0.1) is 11.8 Å². The standard InChI is InChI=1S/C14H17ClN2O2S/c1-10-14(19)16-5-6-17(10)13(18)9-20-8-11-3-2-4-12(15)7-11/h2-4,7,10H,5-6,8-9H2,1H3,(H,16,19). The first kappa shape index (κ1) is 15.2. The number of nitrogens with one attached hydrogen (secondary N) is 1. The van der Waals surface area contributed by atoms with E-state index in [1.54, 1.807) is 11.8 Å². The van der Waals surface area contributed by atoms with Crippen LogP contribution in [0.25, 0.3) is 0 Å². The third-order valence-corrected chi connectivity index (χ3v) is 4.43. The number of carbonyl (C=O) groups excluding carboxylic acids is 2. The lowest BCUT2D eigenvalue weighted by Gasteiger charge is -2.32. The number of amides is 2. The van der Waals surface area contributed by atoms with E-state index in [2.05, 4.69) is 5.32 Å². The van der Waals surface area contributed by atoms with Crippen molar-refractivity contribution in [2.45, 2.75) is 18.7 Å². The quantitative estimate of drug-likeness (QED) is 0.924. The Morgan fingerprint density at radius 2 is 2.35 bits per heavy atom. The van der Waals surface area contributed by atoms with Gasteiger partial charge in [0.1, 0.15) is 6.04 Å². The molecule has 1 unspecified atom stereocenters.